The Morgan fingerprint density at radius 1 is 1.13 bits per heavy atom. The van der Waals surface area contributed by atoms with Crippen LogP contribution in [0.4, 0.5) is 0 Å². The average Bonchev–Trinajstić information content (AvgIpc) is 2.91. The van der Waals surface area contributed by atoms with Crippen LogP contribution < -0.4 is 0 Å². The summed E-state index contributed by atoms with van der Waals surface area (Å²) in [6.07, 6.45) is 14.0. The largest absolute Gasteiger partial charge is 0.331 e. The number of rotatable bonds is 12. The van der Waals surface area contributed by atoms with Gasteiger partial charge in [0.05, 0.1) is 10.8 Å². The number of hydrogen-bond acceptors (Lipinski definition) is 6. The van der Waals surface area contributed by atoms with Gasteiger partial charge in [-0.1, -0.05) is 95.1 Å². The van der Waals surface area contributed by atoms with Crippen LogP contribution in [0, 0.1) is 22.0 Å². The lowest BCUT2D eigenvalue weighted by atomic mass is 9.66. The molecule has 7 heteroatoms. The number of nitro groups is 1. The molecule has 0 radical (unpaired) electrons. The summed E-state index contributed by atoms with van der Waals surface area (Å²) in [5.41, 5.74) is 2.54. The molecule has 0 amide bonds. The zero-order valence-electron chi connectivity index (χ0n) is 23.3. The van der Waals surface area contributed by atoms with Crippen LogP contribution in [-0.2, 0) is 15.0 Å². The number of oxime groups is 1. The highest BCUT2D eigenvalue weighted by Crippen LogP contribution is 2.45. The number of benzene rings is 1. The molecule has 0 aliphatic heterocycles. The molecule has 0 N–H and O–H groups in total. The van der Waals surface area contributed by atoms with Crippen molar-refractivity contribution in [2.75, 3.05) is 0 Å². The molecule has 1 saturated carbocycles. The van der Waals surface area contributed by atoms with Gasteiger partial charge >= 0.3 is 5.97 Å². The van der Waals surface area contributed by atoms with Crippen LogP contribution in [0.15, 0.2) is 52.8 Å². The zero-order valence-corrected chi connectivity index (χ0v) is 23.3. The quantitative estimate of drug-likeness (QED) is 0.0919. The van der Waals surface area contributed by atoms with E-state index in [1.165, 1.54) is 13.3 Å². The SMILES string of the molecule is CCCC(CCC)(C1=CCC(C)C([N+](=O)[O-])=C1)c1cccc(C(=O)/C(CC2CCCCC2)=N/OC(C)=O)c1. The average molecular weight is 523 g/mol. The summed E-state index contributed by atoms with van der Waals surface area (Å²) in [4.78, 5) is 41.7. The molecule has 1 aromatic carbocycles. The molecule has 0 bridgehead atoms. The van der Waals surface area contributed by atoms with Gasteiger partial charge in [0.15, 0.2) is 0 Å². The summed E-state index contributed by atoms with van der Waals surface area (Å²) in [7, 11) is 0. The van der Waals surface area contributed by atoms with Gasteiger partial charge in [0, 0.05) is 24.0 Å². The summed E-state index contributed by atoms with van der Waals surface area (Å²) in [5, 5.41) is 15.8. The lowest BCUT2D eigenvalue weighted by Crippen LogP contribution is -2.31. The molecule has 1 atom stereocenters. The smallest absolute Gasteiger partial charge is 0.318 e. The Labute approximate surface area is 226 Å². The lowest BCUT2D eigenvalue weighted by Gasteiger charge is -2.37. The molecule has 2 aliphatic rings. The predicted molar refractivity (Wildman–Crippen MR) is 150 cm³/mol. The van der Waals surface area contributed by atoms with Crippen molar-refractivity contribution >= 4 is 17.5 Å². The maximum atomic E-state index is 13.7. The third-order valence-electron chi connectivity index (χ3n) is 8.05. The van der Waals surface area contributed by atoms with Crippen molar-refractivity contribution in [2.24, 2.45) is 17.0 Å². The number of hydrogen-bond donors (Lipinski definition) is 0. The van der Waals surface area contributed by atoms with E-state index >= 15 is 0 Å². The van der Waals surface area contributed by atoms with Gasteiger partial charge in [-0.15, -0.1) is 0 Å². The van der Waals surface area contributed by atoms with E-state index in [9.17, 15) is 19.7 Å². The van der Waals surface area contributed by atoms with Crippen LogP contribution in [0.5, 0.6) is 0 Å². The van der Waals surface area contributed by atoms with Crippen molar-refractivity contribution in [1.82, 2.24) is 0 Å². The fraction of sp³-hybridized carbons (Fsp3) is 0.581. The first-order chi connectivity index (χ1) is 18.2. The molecule has 0 spiro atoms. The molecular formula is C31H42N2O5. The minimum atomic E-state index is -0.551. The fourth-order valence-electron chi connectivity index (χ4n) is 6.15. The fourth-order valence-corrected chi connectivity index (χ4v) is 6.15. The standard InChI is InChI=1S/C31H42N2O5/c1-5-17-31(18-6-2,27-16-15-22(3)29(21-27)33(36)37)26-14-10-13-25(20-26)30(35)28(32-38-23(4)34)19-24-11-8-7-9-12-24/h10,13-14,16,20-22,24H,5-9,11-12,15,17-19H2,1-4H3/b32-28+. The molecule has 2 aliphatic carbocycles. The second-order valence-electron chi connectivity index (χ2n) is 10.9. The highest BCUT2D eigenvalue weighted by molar-refractivity contribution is 6.46. The molecular weight excluding hydrogens is 480 g/mol. The van der Waals surface area contributed by atoms with Crippen LogP contribution in [0.1, 0.15) is 114 Å². The highest BCUT2D eigenvalue weighted by Gasteiger charge is 2.38. The molecule has 7 nitrogen and oxygen atoms in total. The van der Waals surface area contributed by atoms with Gasteiger partial charge < -0.3 is 4.84 Å². The van der Waals surface area contributed by atoms with Crippen LogP contribution in [0.3, 0.4) is 0 Å². The first-order valence-corrected chi connectivity index (χ1v) is 14.2. The van der Waals surface area contributed by atoms with E-state index in [-0.39, 0.29) is 28.0 Å². The van der Waals surface area contributed by atoms with Crippen LogP contribution >= 0.6 is 0 Å². The first kappa shape index (κ1) is 29.5. The van der Waals surface area contributed by atoms with E-state index in [2.05, 4.69) is 25.1 Å². The third kappa shape index (κ3) is 7.06. The Bertz CT molecular complexity index is 1110. The van der Waals surface area contributed by atoms with Gasteiger partial charge in [0.25, 0.3) is 0 Å². The van der Waals surface area contributed by atoms with E-state index < -0.39 is 11.4 Å². The Morgan fingerprint density at radius 3 is 2.42 bits per heavy atom. The Kier molecular flexibility index (Phi) is 10.6. The maximum Gasteiger partial charge on any atom is 0.331 e. The number of nitrogens with zero attached hydrogens (tertiary/aromatic N) is 2. The van der Waals surface area contributed by atoms with Gasteiger partial charge in [-0.25, -0.2) is 4.79 Å². The minimum absolute atomic E-state index is 0.137. The second-order valence-corrected chi connectivity index (χ2v) is 10.9. The molecule has 1 unspecified atom stereocenters. The molecule has 1 fully saturated rings. The maximum absolute atomic E-state index is 13.7. The van der Waals surface area contributed by atoms with Crippen molar-refractivity contribution in [3.63, 3.8) is 0 Å². The van der Waals surface area contributed by atoms with E-state index in [0.717, 1.165) is 62.5 Å². The Balaban J connectivity index is 2.04. The second kappa shape index (κ2) is 13.6. The Hall–Kier alpha value is -3.09. The number of Topliss-reactive ketones (excluding diaryl/α,β-unsaturated/α-hetero) is 1. The topological polar surface area (TPSA) is 98.9 Å². The molecule has 0 saturated heterocycles. The monoisotopic (exact) mass is 522 g/mol. The molecule has 3 rings (SSSR count). The number of carbonyl (C=O) groups excluding carboxylic acids is 2. The number of allylic oxidation sites excluding steroid dienone is 4. The molecule has 38 heavy (non-hydrogen) atoms. The highest BCUT2D eigenvalue weighted by atomic mass is 16.7. The summed E-state index contributed by atoms with van der Waals surface area (Å²) >= 11 is 0. The third-order valence-corrected chi connectivity index (χ3v) is 8.05. The summed E-state index contributed by atoms with van der Waals surface area (Å²) in [6, 6.07) is 7.63. The van der Waals surface area contributed by atoms with Gasteiger partial charge in [0.2, 0.25) is 11.5 Å². The normalized spacial score (nSPS) is 18.9. The van der Waals surface area contributed by atoms with Gasteiger partial charge in [-0.3, -0.25) is 14.9 Å². The predicted octanol–water partition coefficient (Wildman–Crippen LogP) is 7.72. The number of carbonyl (C=O) groups is 2. The van der Waals surface area contributed by atoms with Crippen molar-refractivity contribution in [2.45, 2.75) is 104 Å². The number of ketones is 1. The van der Waals surface area contributed by atoms with E-state index in [1.54, 1.807) is 12.1 Å². The molecule has 1 aromatic rings. The summed E-state index contributed by atoms with van der Waals surface area (Å²) < 4.78 is 0. The lowest BCUT2D eigenvalue weighted by molar-refractivity contribution is -0.433. The van der Waals surface area contributed by atoms with Gasteiger partial charge in [-0.2, -0.15) is 0 Å². The van der Waals surface area contributed by atoms with E-state index in [0.29, 0.717) is 24.3 Å². The van der Waals surface area contributed by atoms with E-state index in [4.69, 9.17) is 4.84 Å². The molecule has 0 aromatic heterocycles. The Morgan fingerprint density at radius 2 is 1.82 bits per heavy atom. The van der Waals surface area contributed by atoms with Crippen LogP contribution in [0.25, 0.3) is 0 Å². The zero-order chi connectivity index (χ0) is 27.7. The molecule has 206 valence electrons. The van der Waals surface area contributed by atoms with E-state index in [1.807, 2.05) is 25.1 Å². The minimum Gasteiger partial charge on any atom is -0.318 e. The first-order valence-electron chi connectivity index (χ1n) is 14.2. The van der Waals surface area contributed by atoms with Gasteiger partial charge in [0.1, 0.15) is 5.71 Å². The van der Waals surface area contributed by atoms with Crippen molar-refractivity contribution < 1.29 is 19.3 Å². The van der Waals surface area contributed by atoms with Crippen molar-refractivity contribution in [3.05, 3.63) is 68.9 Å². The van der Waals surface area contributed by atoms with Crippen molar-refractivity contribution in [1.29, 1.82) is 0 Å². The summed E-state index contributed by atoms with van der Waals surface area (Å²) in [5.74, 6) is -0.565. The van der Waals surface area contributed by atoms with Crippen LogP contribution in [-0.4, -0.2) is 22.4 Å². The molecule has 0 heterocycles. The van der Waals surface area contributed by atoms with Gasteiger partial charge in [-0.05, 0) is 48.8 Å². The van der Waals surface area contributed by atoms with Crippen LogP contribution in [0.2, 0.25) is 0 Å². The summed E-state index contributed by atoms with van der Waals surface area (Å²) in [6.45, 7) is 7.41. The van der Waals surface area contributed by atoms with Crippen molar-refractivity contribution in [3.8, 4) is 0 Å².